The van der Waals surface area contributed by atoms with Gasteiger partial charge in [0.15, 0.2) is 0 Å². The smallest absolute Gasteiger partial charge is 0.333 e. The number of rotatable bonds is 7. The van der Waals surface area contributed by atoms with Crippen molar-refractivity contribution in [2.45, 2.75) is 52.7 Å². The summed E-state index contributed by atoms with van der Waals surface area (Å²) in [4.78, 5) is 11.1. The first-order valence-electron chi connectivity index (χ1n) is 5.49. The van der Waals surface area contributed by atoms with Gasteiger partial charge in [-0.3, -0.25) is 0 Å². The molecule has 0 aliphatic carbocycles. The van der Waals surface area contributed by atoms with Gasteiger partial charge in [0, 0.05) is 5.57 Å². The molecule has 0 N–H and O–H groups in total. The van der Waals surface area contributed by atoms with Crippen LogP contribution >= 0.6 is 0 Å². The van der Waals surface area contributed by atoms with Crippen molar-refractivity contribution in [3.8, 4) is 0 Å². The molecule has 0 aromatic heterocycles. The Labute approximate surface area is 92.5 Å². The summed E-state index contributed by atoms with van der Waals surface area (Å²) in [6.45, 7) is 11.5. The number of ether oxygens (including phenoxy) is 2. The molecule has 0 aliphatic rings. The second kappa shape index (κ2) is 7.46. The second-order valence-corrected chi connectivity index (χ2v) is 3.76. The zero-order valence-electron chi connectivity index (χ0n) is 10.2. The molecule has 0 radical (unpaired) electrons. The van der Waals surface area contributed by atoms with Crippen LogP contribution in [0.15, 0.2) is 12.2 Å². The Bertz CT molecular complexity index is 207. The Morgan fingerprint density at radius 2 is 1.87 bits per heavy atom. The fourth-order valence-electron chi connectivity index (χ4n) is 1.17. The molecule has 3 nitrogen and oxygen atoms in total. The van der Waals surface area contributed by atoms with Crippen LogP contribution in [-0.2, 0) is 14.3 Å². The molecule has 0 fully saturated rings. The van der Waals surface area contributed by atoms with Gasteiger partial charge in [0.2, 0.25) is 0 Å². The summed E-state index contributed by atoms with van der Waals surface area (Å²) in [6.07, 6.45) is 2.16. The van der Waals surface area contributed by atoms with E-state index in [0.717, 1.165) is 12.8 Å². The minimum absolute atomic E-state index is 0.0572. The molecule has 0 aliphatic heterocycles. The molecule has 0 heterocycles. The molecule has 1 atom stereocenters. The number of hydrogen-bond acceptors (Lipinski definition) is 3. The maximum atomic E-state index is 11.1. The average Bonchev–Trinajstić information content (AvgIpc) is 2.22. The van der Waals surface area contributed by atoms with Crippen LogP contribution in [0.5, 0.6) is 0 Å². The summed E-state index contributed by atoms with van der Waals surface area (Å²) in [5.41, 5.74) is 0.421. The van der Waals surface area contributed by atoms with Crippen LogP contribution in [0.4, 0.5) is 0 Å². The van der Waals surface area contributed by atoms with Crippen LogP contribution in [-0.4, -0.2) is 24.8 Å². The molecule has 1 unspecified atom stereocenters. The van der Waals surface area contributed by atoms with Crippen LogP contribution < -0.4 is 0 Å². The normalized spacial score (nSPS) is 12.6. The predicted molar refractivity (Wildman–Crippen MR) is 60.7 cm³/mol. The topological polar surface area (TPSA) is 35.5 Å². The lowest BCUT2D eigenvalue weighted by Gasteiger charge is -2.19. The van der Waals surface area contributed by atoms with Gasteiger partial charge >= 0.3 is 5.97 Å². The van der Waals surface area contributed by atoms with E-state index in [1.165, 1.54) is 0 Å². The van der Waals surface area contributed by atoms with E-state index in [1.54, 1.807) is 6.92 Å². The van der Waals surface area contributed by atoms with Crippen LogP contribution in [0.3, 0.4) is 0 Å². The summed E-state index contributed by atoms with van der Waals surface area (Å²) in [7, 11) is 0. The molecule has 0 spiro atoms. The molecule has 88 valence electrons. The lowest BCUT2D eigenvalue weighted by atomic mass is 10.2. The number of esters is 1. The lowest BCUT2D eigenvalue weighted by molar-refractivity contribution is -0.144. The van der Waals surface area contributed by atoms with E-state index in [1.807, 2.05) is 6.92 Å². The molecule has 0 amide bonds. The highest BCUT2D eigenvalue weighted by atomic mass is 16.6. The van der Waals surface area contributed by atoms with E-state index in [-0.39, 0.29) is 18.2 Å². The van der Waals surface area contributed by atoms with E-state index >= 15 is 0 Å². The van der Waals surface area contributed by atoms with Crippen LogP contribution in [0.1, 0.15) is 40.5 Å². The van der Waals surface area contributed by atoms with E-state index in [2.05, 4.69) is 20.4 Å². The fourth-order valence-corrected chi connectivity index (χ4v) is 1.17. The monoisotopic (exact) mass is 214 g/mol. The lowest BCUT2D eigenvalue weighted by Crippen LogP contribution is -2.24. The molecule has 0 aromatic rings. The van der Waals surface area contributed by atoms with Gasteiger partial charge in [-0.2, -0.15) is 0 Å². The van der Waals surface area contributed by atoms with E-state index < -0.39 is 0 Å². The summed E-state index contributed by atoms with van der Waals surface area (Å²) in [5.74, 6) is -0.352. The highest BCUT2D eigenvalue weighted by Crippen LogP contribution is 2.07. The van der Waals surface area contributed by atoms with Crippen molar-refractivity contribution in [3.63, 3.8) is 0 Å². The largest absolute Gasteiger partial charge is 0.460 e. The molecular weight excluding hydrogens is 192 g/mol. The molecular formula is C12H22O3. The number of hydrogen-bond donors (Lipinski definition) is 0. The predicted octanol–water partition coefficient (Wildman–Crippen LogP) is 2.70. The number of carbonyl (C=O) groups excluding carboxylic acids is 1. The molecule has 0 rings (SSSR count). The highest BCUT2D eigenvalue weighted by molar-refractivity contribution is 5.86. The first-order chi connectivity index (χ1) is 7.01. The Kier molecular flexibility index (Phi) is 7.05. The SMILES string of the molecule is C=C(C)C(=O)OCC(C)OC(CC)CC. The summed E-state index contributed by atoms with van der Waals surface area (Å²) >= 11 is 0. The maximum Gasteiger partial charge on any atom is 0.333 e. The van der Waals surface area contributed by atoms with Gasteiger partial charge < -0.3 is 9.47 Å². The van der Waals surface area contributed by atoms with Crippen molar-refractivity contribution >= 4 is 5.97 Å². The molecule has 0 bridgehead atoms. The summed E-state index contributed by atoms with van der Waals surface area (Å²) in [6, 6.07) is 0. The van der Waals surface area contributed by atoms with Crippen LogP contribution in [0, 0.1) is 0 Å². The Hall–Kier alpha value is -0.830. The molecule has 15 heavy (non-hydrogen) atoms. The van der Waals surface area contributed by atoms with Gasteiger partial charge in [-0.05, 0) is 26.7 Å². The second-order valence-electron chi connectivity index (χ2n) is 3.76. The third-order valence-corrected chi connectivity index (χ3v) is 2.13. The van der Waals surface area contributed by atoms with Crippen molar-refractivity contribution in [3.05, 3.63) is 12.2 Å². The molecule has 0 saturated heterocycles. The third kappa shape index (κ3) is 6.28. The quantitative estimate of drug-likeness (QED) is 0.483. The van der Waals surface area contributed by atoms with E-state index in [4.69, 9.17) is 9.47 Å². The van der Waals surface area contributed by atoms with Crippen molar-refractivity contribution in [1.82, 2.24) is 0 Å². The highest BCUT2D eigenvalue weighted by Gasteiger charge is 2.12. The van der Waals surface area contributed by atoms with E-state index in [9.17, 15) is 4.79 Å². The fraction of sp³-hybridized carbons (Fsp3) is 0.750. The van der Waals surface area contributed by atoms with Gasteiger partial charge in [0.05, 0.1) is 12.2 Å². The zero-order valence-corrected chi connectivity index (χ0v) is 10.2. The summed E-state index contributed by atoms with van der Waals surface area (Å²) < 4.78 is 10.7. The Morgan fingerprint density at radius 3 is 2.27 bits per heavy atom. The van der Waals surface area contributed by atoms with E-state index in [0.29, 0.717) is 12.2 Å². The van der Waals surface area contributed by atoms with Gasteiger partial charge in [0.1, 0.15) is 6.61 Å². The average molecular weight is 214 g/mol. The first kappa shape index (κ1) is 14.2. The molecule has 0 aromatic carbocycles. The minimum Gasteiger partial charge on any atom is -0.460 e. The first-order valence-corrected chi connectivity index (χ1v) is 5.49. The zero-order chi connectivity index (χ0) is 11.8. The number of carbonyl (C=O) groups is 1. The molecule has 0 saturated carbocycles. The van der Waals surface area contributed by atoms with Crippen molar-refractivity contribution in [1.29, 1.82) is 0 Å². The van der Waals surface area contributed by atoms with Gasteiger partial charge in [-0.1, -0.05) is 20.4 Å². The standard InChI is InChI=1S/C12H22O3/c1-6-11(7-2)15-10(5)8-14-12(13)9(3)4/h10-11H,3,6-8H2,1-2,4-5H3. The van der Waals surface area contributed by atoms with Crippen molar-refractivity contribution in [2.75, 3.05) is 6.61 Å². The third-order valence-electron chi connectivity index (χ3n) is 2.13. The van der Waals surface area contributed by atoms with Gasteiger partial charge in [-0.25, -0.2) is 4.79 Å². The van der Waals surface area contributed by atoms with Gasteiger partial charge in [-0.15, -0.1) is 0 Å². The molecule has 3 heteroatoms. The maximum absolute atomic E-state index is 11.1. The van der Waals surface area contributed by atoms with Crippen LogP contribution in [0.25, 0.3) is 0 Å². The summed E-state index contributed by atoms with van der Waals surface area (Å²) in [5, 5.41) is 0. The van der Waals surface area contributed by atoms with Crippen molar-refractivity contribution < 1.29 is 14.3 Å². The minimum atomic E-state index is -0.352. The van der Waals surface area contributed by atoms with Crippen LogP contribution in [0.2, 0.25) is 0 Å². The Balaban J connectivity index is 3.78. The van der Waals surface area contributed by atoms with Gasteiger partial charge in [0.25, 0.3) is 0 Å². The Morgan fingerprint density at radius 1 is 1.33 bits per heavy atom. The van der Waals surface area contributed by atoms with Crippen molar-refractivity contribution in [2.24, 2.45) is 0 Å².